The van der Waals surface area contributed by atoms with E-state index in [1.54, 1.807) is 0 Å². The molecule has 2 N–H and O–H groups in total. The first-order valence-electron chi connectivity index (χ1n) is 4.41. The Morgan fingerprint density at radius 3 is 2.18 bits per heavy atom. The van der Waals surface area contributed by atoms with Crippen LogP contribution < -0.4 is 5.73 Å². The van der Waals surface area contributed by atoms with Crippen molar-refractivity contribution in [2.24, 2.45) is 11.7 Å². The van der Waals surface area contributed by atoms with Crippen molar-refractivity contribution in [3.63, 3.8) is 0 Å². The van der Waals surface area contributed by atoms with E-state index < -0.39 is 0 Å². The number of rotatable bonds is 4. The molecule has 0 aromatic heterocycles. The van der Waals surface area contributed by atoms with Gasteiger partial charge in [0.25, 0.3) is 0 Å². The van der Waals surface area contributed by atoms with Crippen molar-refractivity contribution in [1.82, 2.24) is 0 Å². The van der Waals surface area contributed by atoms with Crippen LogP contribution in [-0.2, 0) is 4.79 Å². The van der Waals surface area contributed by atoms with E-state index in [4.69, 9.17) is 5.73 Å². The lowest BCUT2D eigenvalue weighted by Crippen LogP contribution is -2.23. The fourth-order valence-electron chi connectivity index (χ4n) is 0.687. The predicted octanol–water partition coefficient (Wildman–Crippen LogP) is 1.97. The third-order valence-electron chi connectivity index (χ3n) is 1.55. The van der Waals surface area contributed by atoms with Gasteiger partial charge in [-0.2, -0.15) is 0 Å². The van der Waals surface area contributed by atoms with Crippen LogP contribution in [0.4, 0.5) is 0 Å². The molecule has 1 unspecified atom stereocenters. The van der Waals surface area contributed by atoms with Crippen LogP contribution in [0.25, 0.3) is 0 Å². The fraction of sp³-hybridized carbons (Fsp3) is 0.889. The molecule has 2 heteroatoms. The average molecular weight is 159 g/mol. The Kier molecular flexibility index (Phi) is 11.6. The molecular formula is C9H21NO. The highest BCUT2D eigenvalue weighted by Gasteiger charge is 2.04. The Hall–Kier alpha value is -0.370. The summed E-state index contributed by atoms with van der Waals surface area (Å²) in [6, 6.07) is -0.250. The number of nitrogens with two attached hydrogens (primary N) is 1. The van der Waals surface area contributed by atoms with Crippen molar-refractivity contribution in [1.29, 1.82) is 0 Å². The van der Waals surface area contributed by atoms with Gasteiger partial charge in [-0.25, -0.2) is 0 Å². The van der Waals surface area contributed by atoms with E-state index >= 15 is 0 Å². The van der Waals surface area contributed by atoms with Crippen molar-refractivity contribution in [3.05, 3.63) is 0 Å². The normalized spacial score (nSPS) is 14.3. The van der Waals surface area contributed by atoms with Crippen LogP contribution in [0, 0.1) is 5.92 Å². The SMILES string of the molecule is CC.CCC(C)C[C@H](N)C=O. The van der Waals surface area contributed by atoms with E-state index in [1.165, 1.54) is 0 Å². The molecule has 0 radical (unpaired) electrons. The number of aldehydes is 1. The van der Waals surface area contributed by atoms with E-state index in [0.29, 0.717) is 5.92 Å². The summed E-state index contributed by atoms with van der Waals surface area (Å²) in [5, 5.41) is 0. The molecule has 0 aromatic carbocycles. The van der Waals surface area contributed by atoms with Gasteiger partial charge in [0.2, 0.25) is 0 Å². The molecule has 0 rings (SSSR count). The largest absolute Gasteiger partial charge is 0.322 e. The van der Waals surface area contributed by atoms with E-state index in [2.05, 4.69) is 13.8 Å². The quantitative estimate of drug-likeness (QED) is 0.637. The summed E-state index contributed by atoms with van der Waals surface area (Å²) in [4.78, 5) is 10.0. The van der Waals surface area contributed by atoms with Crippen molar-refractivity contribution in [2.45, 2.75) is 46.6 Å². The second kappa shape index (κ2) is 9.63. The Morgan fingerprint density at radius 2 is 1.91 bits per heavy atom. The molecule has 0 fully saturated rings. The van der Waals surface area contributed by atoms with Crippen molar-refractivity contribution < 1.29 is 4.79 Å². The van der Waals surface area contributed by atoms with Gasteiger partial charge in [0, 0.05) is 0 Å². The molecule has 0 aliphatic carbocycles. The molecule has 2 atom stereocenters. The summed E-state index contributed by atoms with van der Waals surface area (Å²) in [6.45, 7) is 8.20. The monoisotopic (exact) mass is 159 g/mol. The minimum Gasteiger partial charge on any atom is -0.322 e. The zero-order chi connectivity index (χ0) is 9.28. The summed E-state index contributed by atoms with van der Waals surface area (Å²) < 4.78 is 0. The van der Waals surface area contributed by atoms with Gasteiger partial charge in [-0.15, -0.1) is 0 Å². The Labute approximate surface area is 70.2 Å². The van der Waals surface area contributed by atoms with Crippen LogP contribution in [0.1, 0.15) is 40.5 Å². The molecule has 68 valence electrons. The van der Waals surface area contributed by atoms with Gasteiger partial charge in [-0.05, 0) is 12.3 Å². The standard InChI is InChI=1S/C7H15NO.C2H6/c1-3-6(2)4-7(8)5-9;1-2/h5-7H,3-4,8H2,1-2H3;1-2H3/t6?,7-;/m0./s1. The van der Waals surface area contributed by atoms with Gasteiger partial charge < -0.3 is 10.5 Å². The highest BCUT2D eigenvalue weighted by atomic mass is 16.1. The number of carbonyl (C=O) groups is 1. The molecule has 0 bridgehead atoms. The van der Waals surface area contributed by atoms with E-state index in [9.17, 15) is 4.79 Å². The first-order chi connectivity index (χ1) is 5.20. The van der Waals surface area contributed by atoms with Crippen molar-refractivity contribution >= 4 is 6.29 Å². The summed E-state index contributed by atoms with van der Waals surface area (Å²) in [5.74, 6) is 0.574. The van der Waals surface area contributed by atoms with Gasteiger partial charge in [0.1, 0.15) is 6.29 Å². The van der Waals surface area contributed by atoms with Gasteiger partial charge in [0.05, 0.1) is 6.04 Å². The van der Waals surface area contributed by atoms with E-state index in [0.717, 1.165) is 19.1 Å². The molecule has 0 aliphatic rings. The van der Waals surface area contributed by atoms with Crippen LogP contribution in [0.15, 0.2) is 0 Å². The average Bonchev–Trinajstić information content (AvgIpc) is 2.07. The minimum atomic E-state index is -0.250. The topological polar surface area (TPSA) is 43.1 Å². The summed E-state index contributed by atoms with van der Waals surface area (Å²) in [7, 11) is 0. The highest BCUT2D eigenvalue weighted by Crippen LogP contribution is 2.06. The summed E-state index contributed by atoms with van der Waals surface area (Å²) in [6.07, 6.45) is 2.73. The van der Waals surface area contributed by atoms with Crippen molar-refractivity contribution in [2.75, 3.05) is 0 Å². The maximum absolute atomic E-state index is 10.0. The molecule has 0 saturated heterocycles. The summed E-state index contributed by atoms with van der Waals surface area (Å²) >= 11 is 0. The number of hydrogen-bond acceptors (Lipinski definition) is 2. The molecule has 0 heterocycles. The van der Waals surface area contributed by atoms with Crippen LogP contribution >= 0.6 is 0 Å². The van der Waals surface area contributed by atoms with Gasteiger partial charge >= 0.3 is 0 Å². The molecule has 0 aliphatic heterocycles. The lowest BCUT2D eigenvalue weighted by Gasteiger charge is -2.08. The Bertz CT molecular complexity index is 83.6. The predicted molar refractivity (Wildman–Crippen MR) is 49.5 cm³/mol. The lowest BCUT2D eigenvalue weighted by atomic mass is 10.0. The lowest BCUT2D eigenvalue weighted by molar-refractivity contribution is -0.109. The van der Waals surface area contributed by atoms with Gasteiger partial charge in [0.15, 0.2) is 0 Å². The minimum absolute atomic E-state index is 0.250. The molecule has 0 spiro atoms. The van der Waals surface area contributed by atoms with E-state index in [-0.39, 0.29) is 6.04 Å². The molecule has 2 nitrogen and oxygen atoms in total. The first-order valence-corrected chi connectivity index (χ1v) is 4.41. The smallest absolute Gasteiger partial charge is 0.136 e. The highest BCUT2D eigenvalue weighted by molar-refractivity contribution is 5.56. The third kappa shape index (κ3) is 9.63. The maximum atomic E-state index is 10.0. The zero-order valence-electron chi connectivity index (χ0n) is 8.13. The van der Waals surface area contributed by atoms with Gasteiger partial charge in [-0.3, -0.25) is 0 Å². The number of hydrogen-bond donors (Lipinski definition) is 1. The van der Waals surface area contributed by atoms with Crippen molar-refractivity contribution in [3.8, 4) is 0 Å². The molecule has 0 amide bonds. The van der Waals surface area contributed by atoms with Crippen LogP contribution in [0.3, 0.4) is 0 Å². The molecule has 0 aromatic rings. The van der Waals surface area contributed by atoms with E-state index in [1.807, 2.05) is 13.8 Å². The van der Waals surface area contributed by atoms with Crippen LogP contribution in [0.5, 0.6) is 0 Å². The van der Waals surface area contributed by atoms with Crippen LogP contribution in [-0.4, -0.2) is 12.3 Å². The van der Waals surface area contributed by atoms with Crippen LogP contribution in [0.2, 0.25) is 0 Å². The fourth-order valence-corrected chi connectivity index (χ4v) is 0.687. The molecular weight excluding hydrogens is 138 g/mol. The first kappa shape index (κ1) is 13.2. The summed E-state index contributed by atoms with van der Waals surface area (Å²) in [5.41, 5.74) is 5.38. The third-order valence-corrected chi connectivity index (χ3v) is 1.55. The Balaban J connectivity index is 0. The molecule has 0 saturated carbocycles. The second-order valence-corrected chi connectivity index (χ2v) is 2.55. The second-order valence-electron chi connectivity index (χ2n) is 2.55. The molecule has 11 heavy (non-hydrogen) atoms. The zero-order valence-corrected chi connectivity index (χ0v) is 8.13. The Morgan fingerprint density at radius 1 is 1.45 bits per heavy atom. The number of carbonyl (C=O) groups excluding carboxylic acids is 1. The maximum Gasteiger partial charge on any atom is 0.136 e. The van der Waals surface area contributed by atoms with Gasteiger partial charge in [-0.1, -0.05) is 34.1 Å².